The van der Waals surface area contributed by atoms with Crippen LogP contribution in [0, 0.1) is 6.92 Å². The maximum absolute atomic E-state index is 13.8. The number of nitrogens with zero attached hydrogens (tertiary/aromatic N) is 2. The predicted molar refractivity (Wildman–Crippen MR) is 147 cm³/mol. The molecule has 36 heavy (non-hydrogen) atoms. The molecule has 188 valence electrons. The number of carbonyl (C=O) groups is 1. The van der Waals surface area contributed by atoms with Crippen molar-refractivity contribution in [2.45, 2.75) is 63.5 Å². The minimum atomic E-state index is 0.0692. The average Bonchev–Trinajstić information content (AvgIpc) is 2.95. The lowest BCUT2D eigenvalue weighted by molar-refractivity contribution is 0.0895. The summed E-state index contributed by atoms with van der Waals surface area (Å²) < 4.78 is 5.30. The number of ether oxygens (including phenoxy) is 1. The molecule has 1 saturated heterocycles. The molecule has 4 nitrogen and oxygen atoms in total. The summed E-state index contributed by atoms with van der Waals surface area (Å²) in [7, 11) is 1.65. The van der Waals surface area contributed by atoms with Gasteiger partial charge in [0, 0.05) is 36.4 Å². The highest BCUT2D eigenvalue weighted by Crippen LogP contribution is 2.38. The van der Waals surface area contributed by atoms with E-state index in [0.717, 1.165) is 37.4 Å². The van der Waals surface area contributed by atoms with Crippen molar-refractivity contribution < 1.29 is 9.53 Å². The van der Waals surface area contributed by atoms with E-state index in [1.54, 1.807) is 7.11 Å². The Morgan fingerprint density at radius 1 is 0.833 bits per heavy atom. The van der Waals surface area contributed by atoms with Crippen molar-refractivity contribution in [1.29, 1.82) is 0 Å². The molecule has 1 aliphatic carbocycles. The van der Waals surface area contributed by atoms with Crippen LogP contribution in [-0.2, 0) is 0 Å². The second-order valence-corrected chi connectivity index (χ2v) is 10.4. The fourth-order valence-corrected chi connectivity index (χ4v) is 6.19. The van der Waals surface area contributed by atoms with Crippen LogP contribution in [0.2, 0.25) is 0 Å². The highest BCUT2D eigenvalue weighted by atomic mass is 16.5. The summed E-state index contributed by atoms with van der Waals surface area (Å²) in [6.45, 7) is 4.17. The average molecular weight is 483 g/mol. The third-order valence-electron chi connectivity index (χ3n) is 8.16. The molecule has 0 spiro atoms. The number of benzene rings is 3. The van der Waals surface area contributed by atoms with Crippen LogP contribution in [-0.4, -0.2) is 43.1 Å². The number of rotatable bonds is 6. The Morgan fingerprint density at radius 2 is 1.50 bits per heavy atom. The summed E-state index contributed by atoms with van der Waals surface area (Å²) in [5, 5.41) is 0. The molecule has 2 unspecified atom stereocenters. The van der Waals surface area contributed by atoms with Crippen LogP contribution in [0.5, 0.6) is 5.75 Å². The zero-order valence-electron chi connectivity index (χ0n) is 21.6. The highest BCUT2D eigenvalue weighted by molar-refractivity contribution is 6.06. The molecule has 2 fully saturated rings. The Hall–Kier alpha value is -3.11. The van der Waals surface area contributed by atoms with Gasteiger partial charge in [0.1, 0.15) is 5.75 Å². The maximum Gasteiger partial charge on any atom is 0.258 e. The van der Waals surface area contributed by atoms with Crippen LogP contribution in [0.3, 0.4) is 0 Å². The number of piperidine rings is 1. The number of hydrogen-bond donors (Lipinski definition) is 0. The lowest BCUT2D eigenvalue weighted by atomic mass is 9.78. The van der Waals surface area contributed by atoms with Crippen molar-refractivity contribution in [3.8, 4) is 5.75 Å². The number of carbonyl (C=O) groups excluding carboxylic acids is 1. The molecular formula is C32H38N2O2. The van der Waals surface area contributed by atoms with Crippen LogP contribution >= 0.6 is 0 Å². The molecule has 0 radical (unpaired) electrons. The molecule has 4 heteroatoms. The molecule has 0 N–H and O–H groups in total. The molecule has 3 aromatic carbocycles. The highest BCUT2D eigenvalue weighted by Gasteiger charge is 2.36. The summed E-state index contributed by atoms with van der Waals surface area (Å²) in [4.78, 5) is 18.6. The molecule has 1 amide bonds. The molecule has 1 heterocycles. The molecule has 2 atom stereocenters. The maximum atomic E-state index is 13.8. The molecule has 0 aromatic heterocycles. The first-order valence-electron chi connectivity index (χ1n) is 13.5. The van der Waals surface area contributed by atoms with Gasteiger partial charge < -0.3 is 9.64 Å². The lowest BCUT2D eigenvalue weighted by Gasteiger charge is -2.45. The van der Waals surface area contributed by atoms with E-state index in [1.165, 1.54) is 36.8 Å². The molecule has 2 aliphatic rings. The third kappa shape index (κ3) is 5.34. The van der Waals surface area contributed by atoms with Crippen molar-refractivity contribution >= 4 is 11.6 Å². The van der Waals surface area contributed by atoms with Crippen LogP contribution in [0.25, 0.3) is 0 Å². The van der Waals surface area contributed by atoms with E-state index >= 15 is 0 Å². The first-order valence-corrected chi connectivity index (χ1v) is 13.5. The van der Waals surface area contributed by atoms with E-state index in [-0.39, 0.29) is 11.9 Å². The van der Waals surface area contributed by atoms with Gasteiger partial charge in [0.05, 0.1) is 7.11 Å². The molecule has 1 saturated carbocycles. The second kappa shape index (κ2) is 11.3. The topological polar surface area (TPSA) is 32.8 Å². The van der Waals surface area contributed by atoms with Gasteiger partial charge in [-0.3, -0.25) is 9.69 Å². The largest absolute Gasteiger partial charge is 0.497 e. The molecule has 1 aliphatic heterocycles. The van der Waals surface area contributed by atoms with Crippen molar-refractivity contribution in [1.82, 2.24) is 4.90 Å². The smallest absolute Gasteiger partial charge is 0.258 e. The summed E-state index contributed by atoms with van der Waals surface area (Å²) >= 11 is 0. The van der Waals surface area contributed by atoms with E-state index in [1.807, 2.05) is 29.2 Å². The minimum Gasteiger partial charge on any atom is -0.497 e. The van der Waals surface area contributed by atoms with Gasteiger partial charge in [-0.15, -0.1) is 0 Å². The summed E-state index contributed by atoms with van der Waals surface area (Å²) in [5.41, 5.74) is 4.38. The van der Waals surface area contributed by atoms with Crippen molar-refractivity contribution in [2.75, 3.05) is 25.1 Å². The van der Waals surface area contributed by atoms with Crippen LogP contribution in [0.4, 0.5) is 5.69 Å². The van der Waals surface area contributed by atoms with Gasteiger partial charge in [-0.2, -0.15) is 0 Å². The van der Waals surface area contributed by atoms with E-state index < -0.39 is 0 Å². The molecule has 0 bridgehead atoms. The van der Waals surface area contributed by atoms with Gasteiger partial charge in [-0.05, 0) is 80.5 Å². The van der Waals surface area contributed by atoms with Gasteiger partial charge in [-0.25, -0.2) is 0 Å². The normalized spacial score (nSPS) is 21.2. The summed E-state index contributed by atoms with van der Waals surface area (Å²) in [6, 6.07) is 27.8. The van der Waals surface area contributed by atoms with Crippen LogP contribution in [0.15, 0.2) is 78.9 Å². The number of aryl methyl sites for hydroxylation is 1. The van der Waals surface area contributed by atoms with Gasteiger partial charge in [0.15, 0.2) is 0 Å². The molecular weight excluding hydrogens is 444 g/mol. The van der Waals surface area contributed by atoms with Gasteiger partial charge in [-0.1, -0.05) is 60.9 Å². The van der Waals surface area contributed by atoms with E-state index in [9.17, 15) is 4.79 Å². The van der Waals surface area contributed by atoms with Crippen molar-refractivity contribution in [3.05, 3.63) is 95.6 Å². The predicted octanol–water partition coefficient (Wildman–Crippen LogP) is 6.84. The lowest BCUT2D eigenvalue weighted by Crippen LogP contribution is -2.51. The SMILES string of the molecule is COc1ccc(C(=O)N(c2ccc(C)cc2)C2CCN(C3CCCCC3c3ccccc3)CC2)cc1. The van der Waals surface area contributed by atoms with Gasteiger partial charge >= 0.3 is 0 Å². The van der Waals surface area contributed by atoms with E-state index in [0.29, 0.717) is 17.5 Å². The van der Waals surface area contributed by atoms with E-state index in [4.69, 9.17) is 4.74 Å². The van der Waals surface area contributed by atoms with Crippen LogP contribution < -0.4 is 9.64 Å². The first kappa shape index (κ1) is 24.6. The zero-order chi connectivity index (χ0) is 24.9. The van der Waals surface area contributed by atoms with Crippen molar-refractivity contribution in [2.24, 2.45) is 0 Å². The number of likely N-dealkylation sites (tertiary alicyclic amines) is 1. The van der Waals surface area contributed by atoms with Crippen molar-refractivity contribution in [3.63, 3.8) is 0 Å². The monoisotopic (exact) mass is 482 g/mol. The summed E-state index contributed by atoms with van der Waals surface area (Å²) in [5.74, 6) is 1.45. The van der Waals surface area contributed by atoms with E-state index in [2.05, 4.69) is 66.4 Å². The standard InChI is InChI=1S/C32H38N2O2/c1-24-12-16-27(17-13-24)34(32(35)26-14-18-29(36-2)19-15-26)28-20-22-33(23-21-28)31-11-7-6-10-30(31)25-8-4-3-5-9-25/h3-5,8-9,12-19,28,30-31H,6-7,10-11,20-23H2,1-2H3. The number of amides is 1. The Labute approximate surface area is 215 Å². The number of hydrogen-bond acceptors (Lipinski definition) is 3. The Bertz CT molecular complexity index is 1120. The fraction of sp³-hybridized carbons (Fsp3) is 0.406. The Morgan fingerprint density at radius 3 is 2.17 bits per heavy atom. The minimum absolute atomic E-state index is 0.0692. The Kier molecular flexibility index (Phi) is 7.72. The first-order chi connectivity index (χ1) is 17.6. The quantitative estimate of drug-likeness (QED) is 0.386. The summed E-state index contributed by atoms with van der Waals surface area (Å²) in [6.07, 6.45) is 7.18. The fourth-order valence-electron chi connectivity index (χ4n) is 6.19. The number of anilines is 1. The molecule has 3 aromatic rings. The zero-order valence-corrected chi connectivity index (χ0v) is 21.6. The van der Waals surface area contributed by atoms with Gasteiger partial charge in [0.25, 0.3) is 5.91 Å². The Balaban J connectivity index is 1.34. The third-order valence-corrected chi connectivity index (χ3v) is 8.16. The van der Waals surface area contributed by atoms with Crippen LogP contribution in [0.1, 0.15) is 65.9 Å². The number of methoxy groups -OCH3 is 1. The second-order valence-electron chi connectivity index (χ2n) is 10.4. The van der Waals surface area contributed by atoms with Gasteiger partial charge in [0.2, 0.25) is 0 Å². The molecule has 5 rings (SSSR count).